The molecule has 18 heavy (non-hydrogen) atoms. The normalized spacial score (nSPS) is 10.4. The van der Waals surface area contributed by atoms with Crippen LogP contribution in [0.1, 0.15) is 18.2 Å². The van der Waals surface area contributed by atoms with Gasteiger partial charge in [0.25, 0.3) is 0 Å². The number of hydrogen-bond donors (Lipinski definition) is 1. The molecule has 4 heteroatoms. The summed E-state index contributed by atoms with van der Waals surface area (Å²) in [6.45, 7) is 2.06. The SMILES string of the molecule is CCc1ccc(N(C)c2ccc(CO)nn2)cc1. The van der Waals surface area contributed by atoms with Gasteiger partial charge in [0.15, 0.2) is 5.82 Å². The second-order valence-electron chi connectivity index (χ2n) is 4.12. The standard InChI is InChI=1S/C14H17N3O/c1-3-11-4-7-13(8-5-11)17(2)14-9-6-12(10-18)15-16-14/h4-9,18H,3,10H2,1-2H3. The number of aliphatic hydroxyl groups is 1. The lowest BCUT2D eigenvalue weighted by molar-refractivity contribution is 0.275. The van der Waals surface area contributed by atoms with Crippen LogP contribution in [0.4, 0.5) is 11.5 Å². The molecule has 1 aromatic heterocycles. The first-order chi connectivity index (χ1) is 8.74. The Morgan fingerprint density at radius 2 is 1.78 bits per heavy atom. The quantitative estimate of drug-likeness (QED) is 0.895. The van der Waals surface area contributed by atoms with E-state index in [-0.39, 0.29) is 6.61 Å². The smallest absolute Gasteiger partial charge is 0.155 e. The predicted molar refractivity (Wildman–Crippen MR) is 71.8 cm³/mol. The molecule has 0 aliphatic heterocycles. The fraction of sp³-hybridized carbons (Fsp3) is 0.286. The Morgan fingerprint density at radius 1 is 1.06 bits per heavy atom. The molecule has 94 valence electrons. The fourth-order valence-electron chi connectivity index (χ4n) is 1.70. The third kappa shape index (κ3) is 2.65. The van der Waals surface area contributed by atoms with Crippen molar-refractivity contribution >= 4 is 11.5 Å². The van der Waals surface area contributed by atoms with Gasteiger partial charge in [-0.2, -0.15) is 5.10 Å². The molecular weight excluding hydrogens is 226 g/mol. The van der Waals surface area contributed by atoms with Crippen LogP contribution in [0.25, 0.3) is 0 Å². The molecule has 0 radical (unpaired) electrons. The molecule has 0 bridgehead atoms. The largest absolute Gasteiger partial charge is 0.390 e. The van der Waals surface area contributed by atoms with Crippen LogP contribution in [-0.2, 0) is 13.0 Å². The lowest BCUT2D eigenvalue weighted by atomic mass is 10.1. The molecule has 0 amide bonds. The molecule has 2 rings (SSSR count). The maximum atomic E-state index is 8.93. The lowest BCUT2D eigenvalue weighted by Crippen LogP contribution is -2.12. The fourth-order valence-corrected chi connectivity index (χ4v) is 1.70. The molecule has 2 aromatic rings. The number of aromatic nitrogens is 2. The van der Waals surface area contributed by atoms with Gasteiger partial charge in [0.2, 0.25) is 0 Å². The van der Waals surface area contributed by atoms with E-state index in [4.69, 9.17) is 5.11 Å². The number of rotatable bonds is 4. The van der Waals surface area contributed by atoms with Gasteiger partial charge in [-0.05, 0) is 36.2 Å². The molecule has 0 atom stereocenters. The Balaban J connectivity index is 2.20. The summed E-state index contributed by atoms with van der Waals surface area (Å²) in [6, 6.07) is 12.0. The zero-order chi connectivity index (χ0) is 13.0. The molecule has 0 unspecified atom stereocenters. The summed E-state index contributed by atoms with van der Waals surface area (Å²) in [6.07, 6.45) is 1.04. The Morgan fingerprint density at radius 3 is 2.28 bits per heavy atom. The minimum absolute atomic E-state index is 0.0812. The van der Waals surface area contributed by atoms with Crippen molar-refractivity contribution in [2.45, 2.75) is 20.0 Å². The summed E-state index contributed by atoms with van der Waals surface area (Å²) in [5.74, 6) is 0.761. The number of nitrogens with zero attached hydrogens (tertiary/aromatic N) is 3. The van der Waals surface area contributed by atoms with Crippen LogP contribution in [0.2, 0.25) is 0 Å². The van der Waals surface area contributed by atoms with E-state index in [0.29, 0.717) is 5.69 Å². The van der Waals surface area contributed by atoms with Gasteiger partial charge in [-0.15, -0.1) is 5.10 Å². The van der Waals surface area contributed by atoms with E-state index < -0.39 is 0 Å². The first kappa shape index (κ1) is 12.5. The molecule has 0 fully saturated rings. The van der Waals surface area contributed by atoms with Crippen molar-refractivity contribution in [3.8, 4) is 0 Å². The summed E-state index contributed by atoms with van der Waals surface area (Å²) in [5, 5.41) is 16.9. The van der Waals surface area contributed by atoms with Crippen molar-refractivity contribution in [1.29, 1.82) is 0 Å². The zero-order valence-electron chi connectivity index (χ0n) is 10.7. The molecular formula is C14H17N3O. The van der Waals surface area contributed by atoms with Crippen LogP contribution in [0.15, 0.2) is 36.4 Å². The Bertz CT molecular complexity index is 446. The van der Waals surface area contributed by atoms with Gasteiger partial charge in [0.05, 0.1) is 12.3 Å². The molecule has 0 spiro atoms. The van der Waals surface area contributed by atoms with E-state index in [2.05, 4.69) is 41.4 Å². The van der Waals surface area contributed by atoms with Gasteiger partial charge < -0.3 is 10.0 Å². The van der Waals surface area contributed by atoms with Crippen LogP contribution in [0.3, 0.4) is 0 Å². The third-order valence-electron chi connectivity index (χ3n) is 2.94. The summed E-state index contributed by atoms with van der Waals surface area (Å²) in [5.41, 5.74) is 2.96. The highest BCUT2D eigenvalue weighted by Gasteiger charge is 2.05. The molecule has 0 saturated carbocycles. The molecule has 1 N–H and O–H groups in total. The number of anilines is 2. The maximum absolute atomic E-state index is 8.93. The first-order valence-corrected chi connectivity index (χ1v) is 6.00. The van der Waals surface area contributed by atoms with Gasteiger partial charge in [0.1, 0.15) is 0 Å². The van der Waals surface area contributed by atoms with Crippen LogP contribution < -0.4 is 4.90 Å². The number of aliphatic hydroxyl groups excluding tert-OH is 1. The molecule has 0 saturated heterocycles. The second-order valence-corrected chi connectivity index (χ2v) is 4.12. The van der Waals surface area contributed by atoms with E-state index in [1.807, 2.05) is 18.0 Å². The minimum atomic E-state index is -0.0812. The number of aryl methyl sites for hydroxylation is 1. The first-order valence-electron chi connectivity index (χ1n) is 6.00. The Kier molecular flexibility index (Phi) is 3.89. The van der Waals surface area contributed by atoms with Gasteiger partial charge in [-0.25, -0.2) is 0 Å². The average molecular weight is 243 g/mol. The van der Waals surface area contributed by atoms with Gasteiger partial charge in [-0.1, -0.05) is 19.1 Å². The van der Waals surface area contributed by atoms with Crippen LogP contribution in [0, 0.1) is 0 Å². The molecule has 1 heterocycles. The van der Waals surface area contributed by atoms with E-state index in [9.17, 15) is 0 Å². The highest BCUT2D eigenvalue weighted by molar-refractivity contribution is 5.58. The lowest BCUT2D eigenvalue weighted by Gasteiger charge is -2.18. The van der Waals surface area contributed by atoms with Gasteiger partial charge >= 0.3 is 0 Å². The van der Waals surface area contributed by atoms with Crippen LogP contribution in [-0.4, -0.2) is 22.4 Å². The molecule has 4 nitrogen and oxygen atoms in total. The van der Waals surface area contributed by atoms with Crippen molar-refractivity contribution in [1.82, 2.24) is 10.2 Å². The van der Waals surface area contributed by atoms with Crippen molar-refractivity contribution in [3.05, 3.63) is 47.7 Å². The van der Waals surface area contributed by atoms with Crippen molar-refractivity contribution < 1.29 is 5.11 Å². The zero-order valence-corrected chi connectivity index (χ0v) is 10.7. The van der Waals surface area contributed by atoms with Crippen LogP contribution >= 0.6 is 0 Å². The minimum Gasteiger partial charge on any atom is -0.390 e. The predicted octanol–water partition coefficient (Wildman–Crippen LogP) is 2.30. The van der Waals surface area contributed by atoms with Crippen molar-refractivity contribution in [2.24, 2.45) is 0 Å². The second kappa shape index (κ2) is 5.60. The van der Waals surface area contributed by atoms with Crippen molar-refractivity contribution in [3.63, 3.8) is 0 Å². The number of benzene rings is 1. The topological polar surface area (TPSA) is 49.2 Å². The Labute approximate surface area is 107 Å². The molecule has 1 aromatic carbocycles. The molecule has 0 aliphatic rings. The summed E-state index contributed by atoms with van der Waals surface area (Å²) in [7, 11) is 1.95. The van der Waals surface area contributed by atoms with E-state index in [1.54, 1.807) is 6.07 Å². The highest BCUT2D eigenvalue weighted by Crippen LogP contribution is 2.21. The summed E-state index contributed by atoms with van der Waals surface area (Å²) in [4.78, 5) is 1.97. The highest BCUT2D eigenvalue weighted by atomic mass is 16.3. The summed E-state index contributed by atoms with van der Waals surface area (Å²) >= 11 is 0. The van der Waals surface area contributed by atoms with Gasteiger partial charge in [0, 0.05) is 12.7 Å². The van der Waals surface area contributed by atoms with E-state index in [0.717, 1.165) is 17.9 Å². The van der Waals surface area contributed by atoms with Crippen molar-refractivity contribution in [2.75, 3.05) is 11.9 Å². The monoisotopic (exact) mass is 243 g/mol. The third-order valence-corrected chi connectivity index (χ3v) is 2.94. The Hall–Kier alpha value is -1.94. The van der Waals surface area contributed by atoms with Crippen LogP contribution in [0.5, 0.6) is 0 Å². The number of hydrogen-bond acceptors (Lipinski definition) is 4. The van der Waals surface area contributed by atoms with E-state index >= 15 is 0 Å². The van der Waals surface area contributed by atoms with E-state index in [1.165, 1.54) is 5.56 Å². The summed E-state index contributed by atoms with van der Waals surface area (Å²) < 4.78 is 0. The molecule has 0 aliphatic carbocycles. The van der Waals surface area contributed by atoms with Gasteiger partial charge in [-0.3, -0.25) is 0 Å². The maximum Gasteiger partial charge on any atom is 0.155 e. The average Bonchev–Trinajstić information content (AvgIpc) is 2.47.